The van der Waals surface area contributed by atoms with E-state index in [1.807, 2.05) is 41.5 Å². The molecule has 6 rings (SSSR count). The SMILES string of the molecule is CC(C)(C)OC(=O)N1C[C@@H]2CC[C@H]1C[C@H]2O.CC(C)(C)OC(=O)N1C[C@H]2CC[C@@H]1C[C@@H]2O. The fourth-order valence-corrected chi connectivity index (χ4v) is 5.26. The van der Waals surface area contributed by atoms with Crippen molar-refractivity contribution in [3.05, 3.63) is 0 Å². The van der Waals surface area contributed by atoms with Gasteiger partial charge in [0.15, 0.2) is 0 Å². The van der Waals surface area contributed by atoms with E-state index in [1.54, 1.807) is 9.80 Å². The third-order valence-electron chi connectivity index (χ3n) is 6.86. The first kappa shape index (κ1) is 25.1. The number of carbonyl (C=O) groups is 2. The molecule has 2 aliphatic carbocycles. The van der Waals surface area contributed by atoms with Crippen LogP contribution in [0.25, 0.3) is 0 Å². The Kier molecular flexibility index (Phi) is 7.35. The van der Waals surface area contributed by atoms with E-state index < -0.39 is 11.2 Å². The van der Waals surface area contributed by atoms with Crippen molar-refractivity contribution in [2.75, 3.05) is 13.1 Å². The maximum atomic E-state index is 11.9. The maximum Gasteiger partial charge on any atom is 0.410 e. The molecule has 0 aromatic heterocycles. The van der Waals surface area contributed by atoms with Crippen molar-refractivity contribution >= 4 is 12.2 Å². The van der Waals surface area contributed by atoms with Gasteiger partial charge >= 0.3 is 12.2 Å². The molecule has 4 bridgehead atoms. The second kappa shape index (κ2) is 9.37. The minimum atomic E-state index is -0.438. The van der Waals surface area contributed by atoms with Crippen molar-refractivity contribution in [1.82, 2.24) is 9.80 Å². The fourth-order valence-electron chi connectivity index (χ4n) is 5.26. The van der Waals surface area contributed by atoms with Crippen LogP contribution in [0.1, 0.15) is 80.1 Å². The van der Waals surface area contributed by atoms with Crippen molar-refractivity contribution in [2.45, 2.75) is 116 Å². The maximum absolute atomic E-state index is 11.9. The molecule has 2 amide bonds. The van der Waals surface area contributed by atoms with Crippen LogP contribution in [0.3, 0.4) is 0 Å². The van der Waals surface area contributed by atoms with E-state index in [0.717, 1.165) is 25.7 Å². The zero-order valence-corrected chi connectivity index (χ0v) is 20.5. The van der Waals surface area contributed by atoms with Crippen molar-refractivity contribution in [3.63, 3.8) is 0 Å². The lowest BCUT2D eigenvalue weighted by Gasteiger charge is -2.47. The summed E-state index contributed by atoms with van der Waals surface area (Å²) in [5.41, 5.74) is -0.876. The molecule has 8 heteroatoms. The van der Waals surface area contributed by atoms with Crippen molar-refractivity contribution in [1.29, 1.82) is 0 Å². The molecule has 6 fully saturated rings. The Morgan fingerprint density at radius 1 is 0.688 bits per heavy atom. The average Bonchev–Trinajstić information content (AvgIpc) is 2.66. The molecule has 2 saturated carbocycles. The molecule has 2 N–H and O–H groups in total. The molecule has 32 heavy (non-hydrogen) atoms. The molecule has 184 valence electrons. The Morgan fingerprint density at radius 2 is 1.03 bits per heavy atom. The number of carbonyl (C=O) groups excluding carboxylic acids is 2. The number of hydrogen-bond acceptors (Lipinski definition) is 6. The van der Waals surface area contributed by atoms with Crippen LogP contribution in [0.2, 0.25) is 0 Å². The number of nitrogens with zero attached hydrogens (tertiary/aromatic N) is 2. The van der Waals surface area contributed by atoms with Gasteiger partial charge < -0.3 is 29.5 Å². The van der Waals surface area contributed by atoms with Gasteiger partial charge in [-0.05, 0) is 80.1 Å². The Bertz CT molecular complexity index is 627. The summed E-state index contributed by atoms with van der Waals surface area (Å²) in [4.78, 5) is 27.5. The lowest BCUT2D eigenvalue weighted by Crippen LogP contribution is -2.56. The van der Waals surface area contributed by atoms with E-state index in [-0.39, 0.29) is 48.3 Å². The highest BCUT2D eigenvalue weighted by Crippen LogP contribution is 2.37. The zero-order chi connectivity index (χ0) is 23.8. The molecule has 0 spiro atoms. The second-order valence-corrected chi connectivity index (χ2v) is 11.9. The van der Waals surface area contributed by atoms with Gasteiger partial charge in [-0.15, -0.1) is 0 Å². The monoisotopic (exact) mass is 454 g/mol. The largest absolute Gasteiger partial charge is 0.444 e. The Labute approximate surface area is 192 Å². The van der Waals surface area contributed by atoms with Crippen molar-refractivity contribution in [3.8, 4) is 0 Å². The highest BCUT2D eigenvalue weighted by molar-refractivity contribution is 5.69. The van der Waals surface area contributed by atoms with E-state index in [1.165, 1.54) is 0 Å². The van der Waals surface area contributed by atoms with E-state index in [4.69, 9.17) is 9.47 Å². The molecule has 8 nitrogen and oxygen atoms in total. The average molecular weight is 455 g/mol. The summed E-state index contributed by atoms with van der Waals surface area (Å²) >= 11 is 0. The smallest absolute Gasteiger partial charge is 0.410 e. The van der Waals surface area contributed by atoms with Gasteiger partial charge in [0.05, 0.1) is 12.2 Å². The number of piperidine rings is 4. The van der Waals surface area contributed by atoms with Gasteiger partial charge in [-0.2, -0.15) is 0 Å². The molecule has 4 saturated heterocycles. The first-order chi connectivity index (χ1) is 14.7. The quantitative estimate of drug-likeness (QED) is 0.581. The molecule has 0 radical (unpaired) electrons. The van der Waals surface area contributed by atoms with Crippen LogP contribution in [0.4, 0.5) is 9.59 Å². The summed E-state index contributed by atoms with van der Waals surface area (Å²) in [6.45, 7) is 12.6. The molecule has 0 aromatic rings. The van der Waals surface area contributed by atoms with Crippen LogP contribution in [-0.4, -0.2) is 80.8 Å². The molecule has 6 aliphatic rings. The number of rotatable bonds is 0. The number of aliphatic hydroxyl groups excluding tert-OH is 2. The van der Waals surface area contributed by atoms with Gasteiger partial charge in [0.1, 0.15) is 11.2 Å². The minimum Gasteiger partial charge on any atom is -0.444 e. The van der Waals surface area contributed by atoms with Crippen molar-refractivity contribution < 1.29 is 29.3 Å². The van der Waals surface area contributed by atoms with Crippen LogP contribution in [0.5, 0.6) is 0 Å². The molecular weight excluding hydrogens is 412 g/mol. The lowest BCUT2D eigenvalue weighted by atomic mass is 9.78. The van der Waals surface area contributed by atoms with E-state index in [2.05, 4.69) is 0 Å². The third-order valence-corrected chi connectivity index (χ3v) is 6.86. The van der Waals surface area contributed by atoms with Crippen LogP contribution in [-0.2, 0) is 9.47 Å². The Morgan fingerprint density at radius 3 is 1.25 bits per heavy atom. The van der Waals surface area contributed by atoms with Crippen molar-refractivity contribution in [2.24, 2.45) is 11.8 Å². The minimum absolute atomic E-state index is 0.176. The lowest BCUT2D eigenvalue weighted by molar-refractivity contribution is -0.0592. The topological polar surface area (TPSA) is 99.5 Å². The molecule has 4 heterocycles. The molecule has 6 atom stereocenters. The third kappa shape index (κ3) is 6.28. The fraction of sp³-hybridized carbons (Fsp3) is 0.917. The summed E-state index contributed by atoms with van der Waals surface area (Å²) in [5.74, 6) is 0.495. The zero-order valence-electron chi connectivity index (χ0n) is 20.5. The number of aliphatic hydroxyl groups is 2. The molecule has 0 unspecified atom stereocenters. The summed E-state index contributed by atoms with van der Waals surface area (Å²) in [5, 5.41) is 19.5. The van der Waals surface area contributed by atoms with Crippen LogP contribution in [0.15, 0.2) is 0 Å². The molecule has 0 aromatic carbocycles. The van der Waals surface area contributed by atoms with E-state index >= 15 is 0 Å². The van der Waals surface area contributed by atoms with E-state index in [0.29, 0.717) is 25.9 Å². The summed E-state index contributed by atoms with van der Waals surface area (Å²) in [7, 11) is 0. The Balaban J connectivity index is 0.000000181. The van der Waals surface area contributed by atoms with Crippen LogP contribution < -0.4 is 0 Å². The predicted molar refractivity (Wildman–Crippen MR) is 120 cm³/mol. The molecular formula is C24H42N2O6. The number of fused-ring (bicyclic) bond motifs is 6. The standard InChI is InChI=1S/2C12H21NO3/c2*1-12(2,3)16-11(15)13-7-8-4-5-9(13)6-10(8)14/h2*8-10,14H,4-7H2,1-3H3/t2*8-,9-,10+/m10/s1. The number of ether oxygens (including phenoxy) is 2. The van der Waals surface area contributed by atoms with Gasteiger partial charge in [-0.1, -0.05) is 0 Å². The second-order valence-electron chi connectivity index (χ2n) is 11.9. The van der Waals surface area contributed by atoms with Gasteiger partial charge in [0.25, 0.3) is 0 Å². The molecule has 4 aliphatic heterocycles. The van der Waals surface area contributed by atoms with Crippen LogP contribution in [0, 0.1) is 11.8 Å². The highest BCUT2D eigenvalue weighted by atomic mass is 16.6. The number of hydrogen-bond donors (Lipinski definition) is 2. The first-order valence-electron chi connectivity index (χ1n) is 12.1. The number of amides is 2. The van der Waals surface area contributed by atoms with Crippen LogP contribution >= 0.6 is 0 Å². The Hall–Kier alpha value is -1.54. The predicted octanol–water partition coefficient (Wildman–Crippen LogP) is 3.53. The van der Waals surface area contributed by atoms with Gasteiger partial charge in [0.2, 0.25) is 0 Å². The van der Waals surface area contributed by atoms with Gasteiger partial charge in [-0.3, -0.25) is 0 Å². The summed E-state index contributed by atoms with van der Waals surface area (Å²) in [6.07, 6.45) is 4.59. The summed E-state index contributed by atoms with van der Waals surface area (Å²) in [6, 6.07) is 0.352. The first-order valence-corrected chi connectivity index (χ1v) is 12.1. The highest BCUT2D eigenvalue weighted by Gasteiger charge is 2.44. The van der Waals surface area contributed by atoms with Gasteiger partial charge in [0, 0.05) is 37.0 Å². The van der Waals surface area contributed by atoms with Gasteiger partial charge in [-0.25, -0.2) is 9.59 Å². The normalized spacial score (nSPS) is 34.0. The summed E-state index contributed by atoms with van der Waals surface area (Å²) < 4.78 is 10.7. The van der Waals surface area contributed by atoms with E-state index in [9.17, 15) is 19.8 Å².